The second kappa shape index (κ2) is 11.0. The lowest BCUT2D eigenvalue weighted by Crippen LogP contribution is -2.40. The monoisotopic (exact) mass is 310 g/mol. The van der Waals surface area contributed by atoms with Crippen molar-refractivity contribution in [3.05, 3.63) is 24.3 Å². The van der Waals surface area contributed by atoms with Crippen LogP contribution in [0.15, 0.2) is 24.3 Å². The molecule has 122 valence electrons. The van der Waals surface area contributed by atoms with E-state index in [0.717, 1.165) is 38.6 Å². The summed E-state index contributed by atoms with van der Waals surface area (Å²) in [6.45, 7) is 12.4. The number of rotatable bonds is 11. The Kier molecular flexibility index (Phi) is 10.6. The van der Waals surface area contributed by atoms with E-state index in [0.29, 0.717) is 11.5 Å². The minimum absolute atomic E-state index is 0.307. The van der Waals surface area contributed by atoms with Crippen LogP contribution in [0.1, 0.15) is 59.3 Å². The molecule has 3 heteroatoms. The van der Waals surface area contributed by atoms with Crippen LogP contribution in [0.2, 0.25) is 18.1 Å². The summed E-state index contributed by atoms with van der Waals surface area (Å²) >= 11 is 0. The van der Waals surface area contributed by atoms with Crippen molar-refractivity contribution < 1.29 is 9.22 Å². The summed E-state index contributed by atoms with van der Waals surface area (Å²) in [6, 6.07) is 0. The molecule has 0 aromatic heterocycles. The Hall–Kier alpha value is -0.673. The van der Waals surface area contributed by atoms with Crippen LogP contribution in [0.4, 0.5) is 0 Å². The molecule has 0 spiro atoms. The van der Waals surface area contributed by atoms with Crippen LogP contribution in [0, 0.1) is 0 Å². The third-order valence-corrected chi connectivity index (χ3v) is 8.65. The first-order valence-corrected chi connectivity index (χ1v) is 11.1. The zero-order chi connectivity index (χ0) is 16.2. The van der Waals surface area contributed by atoms with Gasteiger partial charge in [-0.3, -0.25) is 0 Å². The van der Waals surface area contributed by atoms with Crippen molar-refractivity contribution in [1.82, 2.24) is 0 Å². The Labute approximate surface area is 132 Å². The summed E-state index contributed by atoms with van der Waals surface area (Å²) in [5, 5.41) is 0.307. The maximum absolute atomic E-state index is 10.1. The maximum Gasteiger partial charge on any atom is 0.191 e. The van der Waals surface area contributed by atoms with Crippen LogP contribution < -0.4 is 0 Å². The number of carbonyl (C=O) groups excluding carboxylic acids is 1. The standard InChI is InChI=1S/C18H34O2Si/c1-18(2,3)21(4,5)20-17-15-13-11-9-7-6-8-10-12-14-16-19/h6-9,16H,10-15,17H2,1-5H3/b8-6+,9-7+. The Balaban J connectivity index is 3.58. The van der Waals surface area contributed by atoms with E-state index in [1.54, 1.807) is 0 Å². The third kappa shape index (κ3) is 10.7. The van der Waals surface area contributed by atoms with Gasteiger partial charge in [0.25, 0.3) is 0 Å². The Morgan fingerprint density at radius 1 is 0.905 bits per heavy atom. The van der Waals surface area contributed by atoms with Crippen molar-refractivity contribution in [3.8, 4) is 0 Å². The third-order valence-electron chi connectivity index (χ3n) is 4.11. The molecule has 0 atom stereocenters. The predicted octanol–water partition coefficient (Wildman–Crippen LogP) is 5.66. The fraction of sp³-hybridized carbons (Fsp3) is 0.722. The minimum atomic E-state index is -1.56. The van der Waals surface area contributed by atoms with Gasteiger partial charge in [-0.1, -0.05) is 45.1 Å². The van der Waals surface area contributed by atoms with Crippen LogP contribution in [0.3, 0.4) is 0 Å². The number of carbonyl (C=O) groups is 1. The Bertz CT molecular complexity index is 325. The van der Waals surface area contributed by atoms with Gasteiger partial charge in [-0.05, 0) is 50.2 Å². The molecule has 0 rings (SSSR count). The van der Waals surface area contributed by atoms with Crippen molar-refractivity contribution in [2.45, 2.75) is 77.4 Å². The summed E-state index contributed by atoms with van der Waals surface area (Å²) in [6.07, 6.45) is 15.6. The van der Waals surface area contributed by atoms with Gasteiger partial charge in [-0.2, -0.15) is 0 Å². The molecule has 0 N–H and O–H groups in total. The van der Waals surface area contributed by atoms with E-state index in [9.17, 15) is 4.79 Å². The number of aldehydes is 1. The topological polar surface area (TPSA) is 26.3 Å². The first-order chi connectivity index (χ1) is 9.81. The molecule has 0 unspecified atom stereocenters. The highest BCUT2D eigenvalue weighted by Crippen LogP contribution is 2.36. The van der Waals surface area contributed by atoms with Crippen molar-refractivity contribution in [2.24, 2.45) is 0 Å². The van der Waals surface area contributed by atoms with Gasteiger partial charge in [0, 0.05) is 13.0 Å². The van der Waals surface area contributed by atoms with Gasteiger partial charge in [0.15, 0.2) is 8.32 Å². The molecule has 0 aliphatic carbocycles. The maximum atomic E-state index is 10.1. The number of hydrogen-bond acceptors (Lipinski definition) is 2. The van der Waals surface area contributed by atoms with Crippen molar-refractivity contribution in [2.75, 3.05) is 6.61 Å². The first kappa shape index (κ1) is 20.3. The van der Waals surface area contributed by atoms with Crippen LogP contribution in [0.5, 0.6) is 0 Å². The number of hydrogen-bond donors (Lipinski definition) is 0. The molecule has 0 aromatic rings. The average Bonchev–Trinajstić information content (AvgIpc) is 2.38. The van der Waals surface area contributed by atoms with E-state index >= 15 is 0 Å². The molecule has 0 amide bonds. The van der Waals surface area contributed by atoms with Gasteiger partial charge >= 0.3 is 0 Å². The summed E-state index contributed by atoms with van der Waals surface area (Å²) in [7, 11) is -1.56. The van der Waals surface area contributed by atoms with Gasteiger partial charge in [-0.15, -0.1) is 0 Å². The van der Waals surface area contributed by atoms with Crippen molar-refractivity contribution >= 4 is 14.6 Å². The van der Waals surface area contributed by atoms with Crippen LogP contribution in [-0.2, 0) is 9.22 Å². The average molecular weight is 311 g/mol. The molecule has 0 saturated heterocycles. The fourth-order valence-electron chi connectivity index (χ4n) is 1.58. The molecular formula is C18H34O2Si. The van der Waals surface area contributed by atoms with Gasteiger partial charge in [0.05, 0.1) is 0 Å². The summed E-state index contributed by atoms with van der Waals surface area (Å²) < 4.78 is 6.15. The largest absolute Gasteiger partial charge is 0.417 e. The van der Waals surface area contributed by atoms with Gasteiger partial charge in [-0.25, -0.2) is 0 Å². The zero-order valence-corrected chi connectivity index (χ0v) is 15.7. The Morgan fingerprint density at radius 2 is 1.48 bits per heavy atom. The molecule has 0 bridgehead atoms. The normalized spacial score (nSPS) is 13.4. The van der Waals surface area contributed by atoms with Crippen LogP contribution in [0.25, 0.3) is 0 Å². The van der Waals surface area contributed by atoms with E-state index in [-0.39, 0.29) is 0 Å². The lowest BCUT2D eigenvalue weighted by Gasteiger charge is -2.36. The van der Waals surface area contributed by atoms with Gasteiger partial charge < -0.3 is 9.22 Å². The number of allylic oxidation sites excluding steroid dienone is 4. The highest BCUT2D eigenvalue weighted by atomic mass is 28.4. The van der Waals surface area contributed by atoms with Crippen molar-refractivity contribution in [3.63, 3.8) is 0 Å². The number of unbranched alkanes of at least 4 members (excludes halogenated alkanes) is 4. The quantitative estimate of drug-likeness (QED) is 0.213. The summed E-state index contributed by atoms with van der Waals surface area (Å²) in [5.41, 5.74) is 0. The lowest BCUT2D eigenvalue weighted by atomic mass is 10.2. The summed E-state index contributed by atoms with van der Waals surface area (Å²) in [5.74, 6) is 0. The van der Waals surface area contributed by atoms with E-state index in [2.05, 4.69) is 58.2 Å². The second-order valence-electron chi connectivity index (χ2n) is 7.06. The van der Waals surface area contributed by atoms with E-state index < -0.39 is 8.32 Å². The molecule has 0 aromatic carbocycles. The highest BCUT2D eigenvalue weighted by molar-refractivity contribution is 6.74. The molecular weight excluding hydrogens is 276 g/mol. The molecule has 0 aliphatic rings. The van der Waals surface area contributed by atoms with Crippen LogP contribution in [-0.4, -0.2) is 21.2 Å². The molecule has 21 heavy (non-hydrogen) atoms. The lowest BCUT2D eigenvalue weighted by molar-refractivity contribution is -0.107. The van der Waals surface area contributed by atoms with Gasteiger partial charge in [0.2, 0.25) is 0 Å². The summed E-state index contributed by atoms with van der Waals surface area (Å²) in [4.78, 5) is 10.1. The van der Waals surface area contributed by atoms with E-state index in [1.165, 1.54) is 6.42 Å². The highest BCUT2D eigenvalue weighted by Gasteiger charge is 2.36. The van der Waals surface area contributed by atoms with E-state index in [1.807, 2.05) is 0 Å². The van der Waals surface area contributed by atoms with E-state index in [4.69, 9.17) is 4.43 Å². The smallest absolute Gasteiger partial charge is 0.191 e. The Morgan fingerprint density at radius 3 is 2.00 bits per heavy atom. The fourth-order valence-corrected chi connectivity index (χ4v) is 2.66. The minimum Gasteiger partial charge on any atom is -0.417 e. The molecule has 2 nitrogen and oxygen atoms in total. The van der Waals surface area contributed by atoms with Gasteiger partial charge in [0.1, 0.15) is 6.29 Å². The molecule has 0 aliphatic heterocycles. The second-order valence-corrected chi connectivity index (χ2v) is 11.9. The SMILES string of the molecule is CC(C)(C)[Si](C)(C)OCCCC/C=C/C=C/CCCC=O. The van der Waals surface area contributed by atoms with Crippen molar-refractivity contribution in [1.29, 1.82) is 0 Å². The molecule has 0 heterocycles. The molecule has 0 radical (unpaired) electrons. The first-order valence-electron chi connectivity index (χ1n) is 8.20. The molecule has 0 fully saturated rings. The van der Waals surface area contributed by atoms with Crippen LogP contribution >= 0.6 is 0 Å². The predicted molar refractivity (Wildman–Crippen MR) is 95.2 cm³/mol. The zero-order valence-electron chi connectivity index (χ0n) is 14.7. The molecule has 0 saturated carbocycles.